The third-order valence-corrected chi connectivity index (χ3v) is 6.46. The van der Waals surface area contributed by atoms with E-state index < -0.39 is 10.0 Å². The van der Waals surface area contributed by atoms with E-state index in [1.165, 1.54) is 16.4 Å². The van der Waals surface area contributed by atoms with Crippen LogP contribution >= 0.6 is 0 Å². The first-order valence-corrected chi connectivity index (χ1v) is 10.8. The topological polar surface area (TPSA) is 75.7 Å². The third kappa shape index (κ3) is 5.33. The van der Waals surface area contributed by atoms with Crippen LogP contribution in [0.15, 0.2) is 47.4 Å². The van der Waals surface area contributed by atoms with E-state index in [0.29, 0.717) is 31.8 Å². The minimum atomic E-state index is -3.60. The summed E-state index contributed by atoms with van der Waals surface area (Å²) < 4.78 is 32.3. The molecule has 0 aliphatic rings. The van der Waals surface area contributed by atoms with Crippen molar-refractivity contribution in [1.29, 1.82) is 0 Å². The van der Waals surface area contributed by atoms with Crippen LogP contribution in [0.25, 0.3) is 0 Å². The number of rotatable bonds is 9. The Morgan fingerprint density at radius 1 is 1.07 bits per heavy atom. The van der Waals surface area contributed by atoms with Gasteiger partial charge in [0.25, 0.3) is 5.91 Å². The van der Waals surface area contributed by atoms with Gasteiger partial charge in [-0.15, -0.1) is 0 Å². The van der Waals surface area contributed by atoms with Gasteiger partial charge in [0.1, 0.15) is 12.4 Å². The molecule has 0 aliphatic carbocycles. The number of ether oxygens (including phenoxy) is 1. The lowest BCUT2D eigenvalue weighted by Gasteiger charge is -2.18. The normalized spacial score (nSPS) is 11.5. The number of hydrogen-bond acceptors (Lipinski definition) is 4. The first kappa shape index (κ1) is 21.9. The van der Waals surface area contributed by atoms with Gasteiger partial charge in [0, 0.05) is 18.7 Å². The zero-order valence-electron chi connectivity index (χ0n) is 16.9. The fourth-order valence-electron chi connectivity index (χ4n) is 2.90. The molecule has 28 heavy (non-hydrogen) atoms. The van der Waals surface area contributed by atoms with Gasteiger partial charge in [-0.3, -0.25) is 4.79 Å². The van der Waals surface area contributed by atoms with Gasteiger partial charge in [-0.1, -0.05) is 37.6 Å². The van der Waals surface area contributed by atoms with Crippen LogP contribution < -0.4 is 10.1 Å². The number of aryl methyl sites for hydroxylation is 2. The van der Waals surface area contributed by atoms with Crippen LogP contribution in [-0.2, 0) is 10.0 Å². The Kier molecular flexibility index (Phi) is 7.60. The second-order valence-corrected chi connectivity index (χ2v) is 8.43. The van der Waals surface area contributed by atoms with Crippen LogP contribution in [0.2, 0.25) is 0 Å². The molecule has 2 aromatic rings. The van der Waals surface area contributed by atoms with Gasteiger partial charge < -0.3 is 10.1 Å². The molecule has 0 aliphatic heterocycles. The van der Waals surface area contributed by atoms with Crippen molar-refractivity contribution >= 4 is 15.9 Å². The molecular formula is C21H28N2O4S. The molecule has 0 saturated heterocycles. The van der Waals surface area contributed by atoms with Crippen molar-refractivity contribution in [2.75, 3.05) is 26.2 Å². The van der Waals surface area contributed by atoms with Crippen LogP contribution in [0.1, 0.15) is 35.3 Å². The maximum absolute atomic E-state index is 12.6. The van der Waals surface area contributed by atoms with E-state index >= 15 is 0 Å². The third-order valence-electron chi connectivity index (χ3n) is 4.42. The molecule has 152 valence electrons. The van der Waals surface area contributed by atoms with E-state index in [4.69, 9.17) is 4.74 Å². The largest absolute Gasteiger partial charge is 0.491 e. The van der Waals surface area contributed by atoms with Gasteiger partial charge >= 0.3 is 0 Å². The van der Waals surface area contributed by atoms with Gasteiger partial charge in [-0.2, -0.15) is 4.31 Å². The Labute approximate surface area is 167 Å². The Morgan fingerprint density at radius 3 is 2.43 bits per heavy atom. The summed E-state index contributed by atoms with van der Waals surface area (Å²) in [6.07, 6.45) is 0. The number of carbonyl (C=O) groups excluding carboxylic acids is 1. The summed E-state index contributed by atoms with van der Waals surface area (Å²) in [6.45, 7) is 8.97. The average molecular weight is 405 g/mol. The molecular weight excluding hydrogens is 376 g/mol. The first-order valence-electron chi connectivity index (χ1n) is 9.38. The average Bonchev–Trinajstić information content (AvgIpc) is 2.67. The summed E-state index contributed by atoms with van der Waals surface area (Å²) in [5.41, 5.74) is 2.51. The second-order valence-electron chi connectivity index (χ2n) is 6.49. The molecule has 0 heterocycles. The van der Waals surface area contributed by atoms with Crippen LogP contribution in [0.5, 0.6) is 5.75 Å². The minimum absolute atomic E-state index is 0.121. The summed E-state index contributed by atoms with van der Waals surface area (Å²) in [6, 6.07) is 12.0. The zero-order valence-corrected chi connectivity index (χ0v) is 17.7. The van der Waals surface area contributed by atoms with Crippen molar-refractivity contribution in [3.63, 3.8) is 0 Å². The molecule has 2 rings (SSSR count). The summed E-state index contributed by atoms with van der Waals surface area (Å²) in [5.74, 6) is 0.452. The number of sulfonamides is 1. The zero-order chi connectivity index (χ0) is 20.7. The van der Waals surface area contributed by atoms with Crippen LogP contribution in [0, 0.1) is 13.8 Å². The van der Waals surface area contributed by atoms with Crippen molar-refractivity contribution in [1.82, 2.24) is 9.62 Å². The molecule has 7 heteroatoms. The van der Waals surface area contributed by atoms with Gasteiger partial charge in [0.15, 0.2) is 0 Å². The van der Waals surface area contributed by atoms with Crippen molar-refractivity contribution in [3.05, 3.63) is 59.2 Å². The highest BCUT2D eigenvalue weighted by atomic mass is 32.2. The number of nitrogens with one attached hydrogen (secondary N) is 1. The highest BCUT2D eigenvalue weighted by molar-refractivity contribution is 7.89. The molecule has 1 amide bonds. The highest BCUT2D eigenvalue weighted by Crippen LogP contribution is 2.19. The van der Waals surface area contributed by atoms with E-state index in [9.17, 15) is 13.2 Å². The monoisotopic (exact) mass is 404 g/mol. The second kappa shape index (κ2) is 9.71. The number of hydrogen-bond donors (Lipinski definition) is 1. The van der Waals surface area contributed by atoms with E-state index in [2.05, 4.69) is 5.32 Å². The predicted molar refractivity (Wildman–Crippen MR) is 110 cm³/mol. The first-order chi connectivity index (χ1) is 13.3. The van der Waals surface area contributed by atoms with Crippen LogP contribution in [-0.4, -0.2) is 44.9 Å². The fraction of sp³-hybridized carbons (Fsp3) is 0.381. The van der Waals surface area contributed by atoms with Crippen molar-refractivity contribution < 1.29 is 17.9 Å². The Balaban J connectivity index is 1.97. The maximum Gasteiger partial charge on any atom is 0.251 e. The summed E-state index contributed by atoms with van der Waals surface area (Å²) in [7, 11) is -3.60. The molecule has 1 N–H and O–H groups in total. The van der Waals surface area contributed by atoms with Crippen LogP contribution in [0.4, 0.5) is 0 Å². The fourth-order valence-corrected chi connectivity index (χ4v) is 4.40. The van der Waals surface area contributed by atoms with E-state index in [0.717, 1.165) is 16.9 Å². The Morgan fingerprint density at radius 2 is 1.79 bits per heavy atom. The van der Waals surface area contributed by atoms with Crippen molar-refractivity contribution in [3.8, 4) is 5.75 Å². The minimum Gasteiger partial charge on any atom is -0.491 e. The van der Waals surface area contributed by atoms with Crippen LogP contribution in [0.3, 0.4) is 0 Å². The molecule has 0 bridgehead atoms. The van der Waals surface area contributed by atoms with Gasteiger partial charge in [0.2, 0.25) is 10.0 Å². The number of carbonyl (C=O) groups is 1. The smallest absolute Gasteiger partial charge is 0.251 e. The predicted octanol–water partition coefficient (Wildman–Crippen LogP) is 3.14. The summed E-state index contributed by atoms with van der Waals surface area (Å²) in [5, 5.41) is 2.76. The number of amides is 1. The lowest BCUT2D eigenvalue weighted by atomic mass is 10.1. The summed E-state index contributed by atoms with van der Waals surface area (Å²) >= 11 is 0. The van der Waals surface area contributed by atoms with E-state index in [1.54, 1.807) is 26.0 Å². The van der Waals surface area contributed by atoms with Gasteiger partial charge in [-0.25, -0.2) is 8.42 Å². The summed E-state index contributed by atoms with van der Waals surface area (Å²) in [4.78, 5) is 12.5. The lowest BCUT2D eigenvalue weighted by molar-refractivity contribution is 0.0946. The number of benzene rings is 2. The molecule has 0 saturated carbocycles. The van der Waals surface area contributed by atoms with E-state index in [-0.39, 0.29) is 10.8 Å². The maximum atomic E-state index is 12.6. The SMILES string of the molecule is CCN(CC)S(=O)(=O)c1cccc(C(=O)NCCOc2ccc(C)cc2C)c1. The molecule has 0 spiro atoms. The molecule has 0 atom stereocenters. The Hall–Kier alpha value is -2.38. The molecule has 6 nitrogen and oxygen atoms in total. The molecule has 0 radical (unpaired) electrons. The Bertz CT molecular complexity index is 922. The van der Waals surface area contributed by atoms with E-state index in [1.807, 2.05) is 32.0 Å². The van der Waals surface area contributed by atoms with Crippen molar-refractivity contribution in [2.45, 2.75) is 32.6 Å². The highest BCUT2D eigenvalue weighted by Gasteiger charge is 2.22. The molecule has 0 unspecified atom stereocenters. The van der Waals surface area contributed by atoms with Gasteiger partial charge in [-0.05, 0) is 43.7 Å². The van der Waals surface area contributed by atoms with Crippen molar-refractivity contribution in [2.24, 2.45) is 0 Å². The standard InChI is InChI=1S/C21H28N2O4S/c1-5-23(6-2)28(25,26)19-9-7-8-18(15-19)21(24)22-12-13-27-20-11-10-16(3)14-17(20)4/h7-11,14-15H,5-6,12-13H2,1-4H3,(H,22,24). The molecule has 0 fully saturated rings. The molecule has 2 aromatic carbocycles. The molecule has 0 aromatic heterocycles. The van der Waals surface area contributed by atoms with Gasteiger partial charge in [0.05, 0.1) is 11.4 Å². The number of nitrogens with zero attached hydrogens (tertiary/aromatic N) is 1. The quantitative estimate of drug-likeness (QED) is 0.652. The lowest BCUT2D eigenvalue weighted by Crippen LogP contribution is -2.31.